The normalized spacial score (nSPS) is 14.9. The molecule has 1 N–H and O–H groups in total. The molecule has 0 aliphatic heterocycles. The van der Waals surface area contributed by atoms with E-state index in [-0.39, 0.29) is 17.5 Å². The Morgan fingerprint density at radius 3 is 2.34 bits per heavy atom. The number of aryl methyl sites for hydroxylation is 3. The smallest absolute Gasteiger partial charge is 0.255 e. The van der Waals surface area contributed by atoms with Gasteiger partial charge >= 0.3 is 0 Å². The van der Waals surface area contributed by atoms with Gasteiger partial charge in [0.25, 0.3) is 5.91 Å². The van der Waals surface area contributed by atoms with E-state index in [0.717, 1.165) is 37.7 Å². The van der Waals surface area contributed by atoms with Crippen molar-refractivity contribution < 1.29 is 22.7 Å². The molecule has 35 heavy (non-hydrogen) atoms. The summed E-state index contributed by atoms with van der Waals surface area (Å²) in [4.78, 5) is 13.2. The summed E-state index contributed by atoms with van der Waals surface area (Å²) in [5, 5.41) is 4.04. The summed E-state index contributed by atoms with van der Waals surface area (Å²) in [7, 11) is -0.823. The molecule has 0 aromatic heterocycles. The van der Waals surface area contributed by atoms with Crippen molar-refractivity contribution in [2.75, 3.05) is 20.8 Å². The fourth-order valence-electron chi connectivity index (χ4n) is 4.83. The zero-order valence-electron chi connectivity index (χ0n) is 21.1. The lowest BCUT2D eigenvalue weighted by atomic mass is 9.95. The molecule has 190 valence electrons. The SMILES string of the molecule is COc1cccc(/C=N/NC(=O)CN(C2CCCCC2)S(=O)(=O)c2c(C)cc(C)cc2C)c1OC. The Morgan fingerprint density at radius 1 is 1.09 bits per heavy atom. The van der Waals surface area contributed by atoms with Crippen LogP contribution in [-0.2, 0) is 14.8 Å². The summed E-state index contributed by atoms with van der Waals surface area (Å²) < 4.78 is 39.7. The number of nitrogens with one attached hydrogen (secondary N) is 1. The van der Waals surface area contributed by atoms with Crippen molar-refractivity contribution in [2.45, 2.75) is 63.8 Å². The van der Waals surface area contributed by atoms with E-state index in [1.165, 1.54) is 24.7 Å². The highest BCUT2D eigenvalue weighted by Crippen LogP contribution is 2.31. The highest BCUT2D eigenvalue weighted by Gasteiger charge is 2.35. The molecule has 1 aliphatic rings. The molecule has 2 aromatic carbocycles. The van der Waals surface area contributed by atoms with Crippen molar-refractivity contribution in [3.8, 4) is 11.5 Å². The number of benzene rings is 2. The Kier molecular flexibility index (Phi) is 8.91. The number of nitrogens with zero attached hydrogens (tertiary/aromatic N) is 2. The standard InChI is InChI=1S/C26H35N3O5S/c1-18-14-19(2)26(20(3)15-18)35(31,32)29(22-11-7-6-8-12-22)17-24(30)28-27-16-21-10-9-13-23(33-4)25(21)34-5/h9-10,13-16,22H,6-8,11-12,17H2,1-5H3,(H,28,30)/b27-16+. The van der Waals surface area contributed by atoms with E-state index in [2.05, 4.69) is 10.5 Å². The Balaban J connectivity index is 1.84. The van der Waals surface area contributed by atoms with Crippen LogP contribution in [0.5, 0.6) is 11.5 Å². The van der Waals surface area contributed by atoms with E-state index >= 15 is 0 Å². The fourth-order valence-corrected chi connectivity index (χ4v) is 6.89. The highest BCUT2D eigenvalue weighted by atomic mass is 32.2. The second-order valence-electron chi connectivity index (χ2n) is 8.95. The van der Waals surface area contributed by atoms with E-state index in [0.29, 0.717) is 28.2 Å². The number of rotatable bonds is 9. The summed E-state index contributed by atoms with van der Waals surface area (Å²) in [6.45, 7) is 5.25. The summed E-state index contributed by atoms with van der Waals surface area (Å²) in [6.07, 6.45) is 5.89. The van der Waals surface area contributed by atoms with Crippen LogP contribution in [0.3, 0.4) is 0 Å². The number of carbonyl (C=O) groups is 1. The molecule has 9 heteroatoms. The van der Waals surface area contributed by atoms with Crippen molar-refractivity contribution in [3.05, 3.63) is 52.6 Å². The van der Waals surface area contributed by atoms with Crippen LogP contribution in [0.15, 0.2) is 40.3 Å². The first-order valence-electron chi connectivity index (χ1n) is 11.8. The first-order chi connectivity index (χ1) is 16.7. The molecule has 1 fully saturated rings. The number of hydrogen-bond acceptors (Lipinski definition) is 6. The van der Waals surface area contributed by atoms with Crippen LogP contribution in [0.25, 0.3) is 0 Å². The number of carbonyl (C=O) groups excluding carboxylic acids is 1. The Labute approximate surface area is 208 Å². The molecule has 1 amide bonds. The first kappa shape index (κ1) is 26.7. The minimum Gasteiger partial charge on any atom is -0.493 e. The van der Waals surface area contributed by atoms with Gasteiger partial charge in [-0.3, -0.25) is 4.79 Å². The quantitative estimate of drug-likeness (QED) is 0.412. The van der Waals surface area contributed by atoms with Crippen molar-refractivity contribution in [2.24, 2.45) is 5.10 Å². The molecule has 0 radical (unpaired) electrons. The van der Waals surface area contributed by atoms with Gasteiger partial charge in [-0.1, -0.05) is 43.0 Å². The Hall–Kier alpha value is -2.91. The maximum atomic E-state index is 13.8. The number of amides is 1. The topological polar surface area (TPSA) is 97.3 Å². The third-order valence-electron chi connectivity index (χ3n) is 6.28. The maximum absolute atomic E-state index is 13.8. The van der Waals surface area contributed by atoms with E-state index in [9.17, 15) is 13.2 Å². The molecule has 3 rings (SSSR count). The molecule has 1 aliphatic carbocycles. The van der Waals surface area contributed by atoms with E-state index in [1.54, 1.807) is 32.0 Å². The highest BCUT2D eigenvalue weighted by molar-refractivity contribution is 7.89. The second-order valence-corrected chi connectivity index (χ2v) is 10.8. The predicted octanol–water partition coefficient (Wildman–Crippen LogP) is 4.10. The van der Waals surface area contributed by atoms with Crippen molar-refractivity contribution in [1.29, 1.82) is 0 Å². The van der Waals surface area contributed by atoms with Gasteiger partial charge in [0.2, 0.25) is 10.0 Å². The summed E-state index contributed by atoms with van der Waals surface area (Å²) in [6, 6.07) is 8.83. The minimum absolute atomic E-state index is 0.220. The van der Waals surface area contributed by atoms with Gasteiger partial charge in [-0.2, -0.15) is 9.41 Å². The summed E-state index contributed by atoms with van der Waals surface area (Å²) in [5.74, 6) is 0.533. The number of para-hydroxylation sites is 1. The number of sulfonamides is 1. The Bertz CT molecular complexity index is 1160. The number of hydrazone groups is 1. The molecule has 2 aromatic rings. The van der Waals surface area contributed by atoms with Gasteiger partial charge < -0.3 is 9.47 Å². The second kappa shape index (κ2) is 11.7. The average molecular weight is 502 g/mol. The van der Waals surface area contributed by atoms with Gasteiger partial charge in [0.05, 0.1) is 31.9 Å². The summed E-state index contributed by atoms with van der Waals surface area (Å²) >= 11 is 0. The molecular weight excluding hydrogens is 466 g/mol. The lowest BCUT2D eigenvalue weighted by Crippen LogP contribution is -2.46. The van der Waals surface area contributed by atoms with Gasteiger partial charge in [0.15, 0.2) is 11.5 Å². The lowest BCUT2D eigenvalue weighted by molar-refractivity contribution is -0.121. The molecule has 1 saturated carbocycles. The monoisotopic (exact) mass is 501 g/mol. The Morgan fingerprint density at radius 2 is 1.74 bits per heavy atom. The molecule has 0 unspecified atom stereocenters. The molecule has 0 spiro atoms. The van der Waals surface area contributed by atoms with Gasteiger partial charge in [-0.05, 0) is 56.9 Å². The van der Waals surface area contributed by atoms with E-state index in [1.807, 2.05) is 19.1 Å². The molecule has 0 heterocycles. The molecule has 0 atom stereocenters. The first-order valence-corrected chi connectivity index (χ1v) is 13.3. The van der Waals surface area contributed by atoms with Crippen LogP contribution in [0.2, 0.25) is 0 Å². The van der Waals surface area contributed by atoms with Crippen LogP contribution in [-0.4, -0.2) is 51.7 Å². The van der Waals surface area contributed by atoms with Crippen LogP contribution >= 0.6 is 0 Å². The van der Waals surface area contributed by atoms with Crippen LogP contribution in [0.1, 0.15) is 54.4 Å². The van der Waals surface area contributed by atoms with Gasteiger partial charge in [0, 0.05) is 11.6 Å². The largest absolute Gasteiger partial charge is 0.493 e. The molecule has 0 bridgehead atoms. The number of methoxy groups -OCH3 is 2. The molecular formula is C26H35N3O5S. The van der Waals surface area contributed by atoms with Crippen molar-refractivity contribution in [1.82, 2.24) is 9.73 Å². The molecule has 0 saturated heterocycles. The summed E-state index contributed by atoms with van der Waals surface area (Å²) in [5.41, 5.74) is 5.48. The maximum Gasteiger partial charge on any atom is 0.255 e. The number of hydrogen-bond donors (Lipinski definition) is 1. The van der Waals surface area contributed by atoms with Gasteiger partial charge in [0.1, 0.15) is 0 Å². The number of ether oxygens (including phenoxy) is 2. The van der Waals surface area contributed by atoms with Gasteiger partial charge in [-0.15, -0.1) is 0 Å². The third kappa shape index (κ3) is 6.21. The predicted molar refractivity (Wildman–Crippen MR) is 137 cm³/mol. The van der Waals surface area contributed by atoms with Gasteiger partial charge in [-0.25, -0.2) is 13.8 Å². The van der Waals surface area contributed by atoms with Crippen LogP contribution < -0.4 is 14.9 Å². The lowest BCUT2D eigenvalue weighted by Gasteiger charge is -2.33. The minimum atomic E-state index is -3.89. The van der Waals surface area contributed by atoms with E-state index < -0.39 is 15.9 Å². The zero-order valence-corrected chi connectivity index (χ0v) is 21.9. The molecule has 8 nitrogen and oxygen atoms in total. The average Bonchev–Trinajstić information content (AvgIpc) is 2.81. The van der Waals surface area contributed by atoms with Crippen LogP contribution in [0, 0.1) is 20.8 Å². The van der Waals surface area contributed by atoms with Crippen LogP contribution in [0.4, 0.5) is 0 Å². The van der Waals surface area contributed by atoms with E-state index in [4.69, 9.17) is 9.47 Å². The zero-order chi connectivity index (χ0) is 25.6. The third-order valence-corrected chi connectivity index (χ3v) is 8.48. The fraction of sp³-hybridized carbons (Fsp3) is 0.462. The van der Waals surface area contributed by atoms with Crippen molar-refractivity contribution in [3.63, 3.8) is 0 Å². The van der Waals surface area contributed by atoms with Crippen molar-refractivity contribution >= 4 is 22.1 Å².